The quantitative estimate of drug-likeness (QED) is 0.567. The van der Waals surface area contributed by atoms with Crippen LogP contribution in [-0.2, 0) is 27.2 Å². The maximum absolute atomic E-state index is 12.1. The van der Waals surface area contributed by atoms with Crippen LogP contribution in [0.25, 0.3) is 0 Å². The van der Waals surface area contributed by atoms with Gasteiger partial charge in [0.05, 0.1) is 13.2 Å². The molecule has 0 N–H and O–H groups in total. The smallest absolute Gasteiger partial charge is 0.356 e. The summed E-state index contributed by atoms with van der Waals surface area (Å²) in [5.74, 6) is -0.645. The molecule has 0 unspecified atom stereocenters. The monoisotopic (exact) mass is 317 g/mol. The molecule has 0 bridgehead atoms. The van der Waals surface area contributed by atoms with Crippen LogP contribution in [-0.4, -0.2) is 37.7 Å². The maximum atomic E-state index is 12.1. The van der Waals surface area contributed by atoms with Gasteiger partial charge < -0.3 is 18.8 Å². The minimum absolute atomic E-state index is 0.0137. The first-order chi connectivity index (χ1) is 9.99. The molecule has 1 aromatic heterocycles. The van der Waals surface area contributed by atoms with E-state index in [2.05, 4.69) is 0 Å². The van der Waals surface area contributed by atoms with Gasteiger partial charge >= 0.3 is 5.97 Å². The lowest BCUT2D eigenvalue weighted by Crippen LogP contribution is -2.28. The van der Waals surface area contributed by atoms with E-state index >= 15 is 0 Å². The lowest BCUT2D eigenvalue weighted by Gasteiger charge is -2.20. The minimum Gasteiger partial charge on any atom is -0.461 e. The average Bonchev–Trinajstić information content (AvgIpc) is 2.48. The molecule has 0 radical (unpaired) electrons. The molecule has 118 valence electrons. The van der Waals surface area contributed by atoms with Crippen LogP contribution in [0, 0.1) is 0 Å². The molecule has 0 fully saturated rings. The van der Waals surface area contributed by atoms with Gasteiger partial charge in [-0.3, -0.25) is 4.79 Å². The molecule has 0 amide bonds. The predicted octanol–water partition coefficient (Wildman–Crippen LogP) is 1.86. The van der Waals surface area contributed by atoms with Crippen molar-refractivity contribution >= 4 is 17.6 Å². The number of hydrogen-bond acceptors (Lipinski definition) is 5. The van der Waals surface area contributed by atoms with Crippen LogP contribution >= 0.6 is 11.6 Å². The fraction of sp³-hybridized carbons (Fsp3) is 0.571. The lowest BCUT2D eigenvalue weighted by atomic mass is 10.2. The van der Waals surface area contributed by atoms with Gasteiger partial charge in [-0.25, -0.2) is 4.79 Å². The number of carbonyl (C=O) groups excluding carboxylic acids is 1. The van der Waals surface area contributed by atoms with Crippen molar-refractivity contribution in [1.29, 1.82) is 0 Å². The Morgan fingerprint density at radius 2 is 1.95 bits per heavy atom. The lowest BCUT2D eigenvalue weighted by molar-refractivity contribution is -0.111. The highest BCUT2D eigenvalue weighted by Gasteiger charge is 2.22. The van der Waals surface area contributed by atoms with Crippen molar-refractivity contribution in [3.63, 3.8) is 0 Å². The molecule has 1 heterocycles. The van der Waals surface area contributed by atoms with Gasteiger partial charge in [-0.1, -0.05) is 18.5 Å². The largest absolute Gasteiger partial charge is 0.461 e. The van der Waals surface area contributed by atoms with E-state index in [1.807, 2.05) is 6.92 Å². The van der Waals surface area contributed by atoms with Gasteiger partial charge in [0.15, 0.2) is 12.0 Å². The Morgan fingerprint density at radius 3 is 2.43 bits per heavy atom. The zero-order chi connectivity index (χ0) is 16.0. The summed E-state index contributed by atoms with van der Waals surface area (Å²) in [5.41, 5.74) is 0.170. The number of pyridine rings is 1. The van der Waals surface area contributed by atoms with E-state index in [0.29, 0.717) is 12.0 Å². The molecule has 0 saturated heterocycles. The minimum atomic E-state index is -0.645. The molecule has 21 heavy (non-hydrogen) atoms. The summed E-state index contributed by atoms with van der Waals surface area (Å²) in [6.45, 7) is 3.93. The molecule has 1 aromatic rings. The van der Waals surface area contributed by atoms with Gasteiger partial charge in [0, 0.05) is 26.0 Å². The Morgan fingerprint density at radius 1 is 1.33 bits per heavy atom. The summed E-state index contributed by atoms with van der Waals surface area (Å²) in [4.78, 5) is 24.1. The third-order valence-corrected chi connectivity index (χ3v) is 3.37. The van der Waals surface area contributed by atoms with Crippen molar-refractivity contribution in [1.82, 2.24) is 4.57 Å². The van der Waals surface area contributed by atoms with Crippen molar-refractivity contribution in [2.75, 3.05) is 20.8 Å². The Labute approximate surface area is 128 Å². The molecule has 0 aliphatic heterocycles. The van der Waals surface area contributed by atoms with Gasteiger partial charge in [-0.05, 0) is 13.3 Å². The second-order valence-corrected chi connectivity index (χ2v) is 4.65. The van der Waals surface area contributed by atoms with Crippen LogP contribution in [0.15, 0.2) is 11.0 Å². The molecular formula is C14H20ClNO5. The van der Waals surface area contributed by atoms with Crippen molar-refractivity contribution < 1.29 is 19.0 Å². The van der Waals surface area contributed by atoms with Crippen LogP contribution in [0.4, 0.5) is 0 Å². The first-order valence-corrected chi connectivity index (χ1v) is 7.02. The summed E-state index contributed by atoms with van der Waals surface area (Å²) in [6.07, 6.45) is 1.53. The van der Waals surface area contributed by atoms with Crippen LogP contribution in [0.1, 0.15) is 29.9 Å². The summed E-state index contributed by atoms with van der Waals surface area (Å²) in [5, 5.41) is -0.140. The number of methoxy groups -OCH3 is 2. The number of ether oxygens (including phenoxy) is 3. The number of halogens is 1. The van der Waals surface area contributed by atoms with Crippen molar-refractivity contribution in [3.05, 3.63) is 32.7 Å². The molecule has 0 aromatic carbocycles. The zero-order valence-electron chi connectivity index (χ0n) is 12.6. The Balaban J connectivity index is 3.39. The number of nitrogens with zero attached hydrogens (tertiary/aromatic N) is 1. The SMILES string of the molecule is CCOC(=O)c1c(Cl)c(=O)c(CC)cn1CC(OC)OC. The van der Waals surface area contributed by atoms with E-state index in [1.165, 1.54) is 18.8 Å². The van der Waals surface area contributed by atoms with Crippen LogP contribution in [0.3, 0.4) is 0 Å². The number of rotatable bonds is 7. The summed E-state index contributed by atoms with van der Waals surface area (Å²) >= 11 is 6.07. The number of aromatic nitrogens is 1. The third kappa shape index (κ3) is 4.06. The highest BCUT2D eigenvalue weighted by atomic mass is 35.5. The third-order valence-electron chi connectivity index (χ3n) is 3.02. The molecule has 7 heteroatoms. The highest BCUT2D eigenvalue weighted by Crippen LogP contribution is 2.16. The van der Waals surface area contributed by atoms with E-state index in [4.69, 9.17) is 25.8 Å². The van der Waals surface area contributed by atoms with E-state index in [1.54, 1.807) is 13.1 Å². The molecule has 0 spiro atoms. The van der Waals surface area contributed by atoms with Gasteiger partial charge in [0.2, 0.25) is 5.43 Å². The first kappa shape index (κ1) is 17.7. The maximum Gasteiger partial charge on any atom is 0.356 e. The normalized spacial score (nSPS) is 11.0. The van der Waals surface area contributed by atoms with Crippen molar-refractivity contribution in [2.45, 2.75) is 33.1 Å². The standard InChI is InChI=1S/C14H20ClNO5/c1-5-9-7-16(8-10(19-3)20-4)12(11(15)13(9)17)14(18)21-6-2/h7,10H,5-6,8H2,1-4H3. The van der Waals surface area contributed by atoms with E-state index < -0.39 is 12.3 Å². The van der Waals surface area contributed by atoms with Crippen LogP contribution in [0.5, 0.6) is 0 Å². The van der Waals surface area contributed by atoms with Crippen molar-refractivity contribution in [2.24, 2.45) is 0 Å². The second kappa shape index (κ2) is 8.17. The fourth-order valence-corrected chi connectivity index (χ4v) is 2.20. The molecular weight excluding hydrogens is 298 g/mol. The molecule has 1 rings (SSSR count). The van der Waals surface area contributed by atoms with Gasteiger partial charge in [-0.15, -0.1) is 0 Å². The van der Waals surface area contributed by atoms with E-state index in [9.17, 15) is 9.59 Å². The topological polar surface area (TPSA) is 66.8 Å². The van der Waals surface area contributed by atoms with Gasteiger partial charge in [0.25, 0.3) is 0 Å². The van der Waals surface area contributed by atoms with Crippen LogP contribution < -0.4 is 5.43 Å². The molecule has 6 nitrogen and oxygen atoms in total. The first-order valence-electron chi connectivity index (χ1n) is 6.64. The molecule has 0 saturated carbocycles. The molecule has 0 atom stereocenters. The highest BCUT2D eigenvalue weighted by molar-refractivity contribution is 6.33. The van der Waals surface area contributed by atoms with E-state index in [0.717, 1.165) is 0 Å². The average molecular weight is 318 g/mol. The number of carbonyl (C=O) groups is 1. The Hall–Kier alpha value is -1.37. The van der Waals surface area contributed by atoms with Gasteiger partial charge in [0.1, 0.15) is 5.02 Å². The molecule has 0 aliphatic carbocycles. The van der Waals surface area contributed by atoms with Crippen LogP contribution in [0.2, 0.25) is 5.02 Å². The number of aryl methyl sites for hydroxylation is 1. The Bertz CT molecular complexity index is 551. The Kier molecular flexibility index (Phi) is 6.87. The number of esters is 1. The van der Waals surface area contributed by atoms with Crippen molar-refractivity contribution in [3.8, 4) is 0 Å². The van der Waals surface area contributed by atoms with Gasteiger partial charge in [-0.2, -0.15) is 0 Å². The van der Waals surface area contributed by atoms with E-state index in [-0.39, 0.29) is 29.3 Å². The predicted molar refractivity (Wildman–Crippen MR) is 78.9 cm³/mol. The molecule has 0 aliphatic rings. The summed E-state index contributed by atoms with van der Waals surface area (Å²) in [7, 11) is 2.98. The number of hydrogen-bond donors (Lipinski definition) is 0. The summed E-state index contributed by atoms with van der Waals surface area (Å²) < 4.78 is 16.8. The second-order valence-electron chi connectivity index (χ2n) is 4.27. The fourth-order valence-electron chi connectivity index (χ4n) is 1.89. The zero-order valence-corrected chi connectivity index (χ0v) is 13.4. The summed E-state index contributed by atoms with van der Waals surface area (Å²) in [6, 6.07) is 0.